The maximum absolute atomic E-state index is 12.2. The molecule has 0 aliphatic heterocycles. The number of hydrogen-bond donors (Lipinski definition) is 1. The van der Waals surface area contributed by atoms with Crippen molar-refractivity contribution in [3.63, 3.8) is 0 Å². The molecule has 5 heteroatoms. The van der Waals surface area contributed by atoms with Crippen molar-refractivity contribution in [3.05, 3.63) is 72.4 Å². The Morgan fingerprint density at radius 1 is 1.08 bits per heavy atom. The summed E-state index contributed by atoms with van der Waals surface area (Å²) in [7, 11) is 0. The first-order valence-corrected chi connectivity index (χ1v) is 8.44. The third kappa shape index (κ3) is 4.47. The van der Waals surface area contributed by atoms with Crippen molar-refractivity contribution >= 4 is 11.9 Å². The molecule has 0 saturated heterocycles. The van der Waals surface area contributed by atoms with Crippen LogP contribution in [0.25, 0.3) is 5.69 Å². The fourth-order valence-corrected chi connectivity index (χ4v) is 2.49. The molecule has 0 radical (unpaired) electrons. The van der Waals surface area contributed by atoms with Crippen LogP contribution in [0.3, 0.4) is 0 Å². The maximum atomic E-state index is 12.2. The molecule has 1 amide bonds. The van der Waals surface area contributed by atoms with E-state index in [-0.39, 0.29) is 0 Å². The molecule has 0 fully saturated rings. The quantitative estimate of drug-likeness (QED) is 0.702. The molecule has 1 aromatic heterocycles. The van der Waals surface area contributed by atoms with Gasteiger partial charge in [0, 0.05) is 6.07 Å². The number of unbranched alkanes of at least 4 members (excludes halogenated alkanes) is 1. The normalized spacial score (nSPS) is 10.4. The van der Waals surface area contributed by atoms with Crippen LogP contribution >= 0.6 is 0 Å². The van der Waals surface area contributed by atoms with Crippen LogP contribution in [0.2, 0.25) is 0 Å². The highest BCUT2D eigenvalue weighted by molar-refractivity contribution is 5.85. The smallest absolute Gasteiger partial charge is 0.410 e. The van der Waals surface area contributed by atoms with Crippen LogP contribution < -0.4 is 10.1 Å². The van der Waals surface area contributed by atoms with Gasteiger partial charge in [-0.25, -0.2) is 9.48 Å². The van der Waals surface area contributed by atoms with E-state index >= 15 is 0 Å². The van der Waals surface area contributed by atoms with Gasteiger partial charge in [-0.1, -0.05) is 49.7 Å². The second kappa shape index (κ2) is 8.15. The predicted octanol–water partition coefficient (Wildman–Crippen LogP) is 4.83. The Labute approximate surface area is 147 Å². The first-order chi connectivity index (χ1) is 12.3. The largest absolute Gasteiger partial charge is 0.418 e. The molecule has 0 bridgehead atoms. The molecule has 3 rings (SSSR count). The van der Waals surface area contributed by atoms with Crippen LogP contribution in [0.1, 0.15) is 25.5 Å². The summed E-state index contributed by atoms with van der Waals surface area (Å²) in [6.07, 6.45) is 2.49. The first kappa shape index (κ1) is 16.8. The van der Waals surface area contributed by atoms with E-state index in [1.807, 2.05) is 54.6 Å². The molecule has 0 aliphatic carbocycles. The Balaban J connectivity index is 1.81. The minimum Gasteiger partial charge on any atom is -0.410 e. The lowest BCUT2D eigenvalue weighted by Gasteiger charge is -2.09. The van der Waals surface area contributed by atoms with Gasteiger partial charge in [0.1, 0.15) is 11.6 Å². The molecule has 0 saturated carbocycles. The van der Waals surface area contributed by atoms with Gasteiger partial charge in [0.05, 0.1) is 11.4 Å². The molecule has 128 valence electrons. The highest BCUT2D eigenvalue weighted by atomic mass is 16.6. The van der Waals surface area contributed by atoms with Gasteiger partial charge in [0.15, 0.2) is 0 Å². The number of nitrogens with zero attached hydrogens (tertiary/aromatic N) is 2. The first-order valence-electron chi connectivity index (χ1n) is 8.44. The van der Waals surface area contributed by atoms with Gasteiger partial charge in [-0.15, -0.1) is 0 Å². The van der Waals surface area contributed by atoms with E-state index < -0.39 is 6.09 Å². The van der Waals surface area contributed by atoms with Crippen LogP contribution in [-0.2, 0) is 6.42 Å². The van der Waals surface area contributed by atoms with Crippen molar-refractivity contribution in [2.75, 3.05) is 5.32 Å². The van der Waals surface area contributed by atoms with Gasteiger partial charge in [0.2, 0.25) is 0 Å². The van der Waals surface area contributed by atoms with E-state index in [0.717, 1.165) is 30.6 Å². The molecule has 0 spiro atoms. The second-order valence-electron chi connectivity index (χ2n) is 5.70. The van der Waals surface area contributed by atoms with E-state index in [1.165, 1.54) is 0 Å². The number of carbonyl (C=O) groups is 1. The Bertz CT molecular complexity index is 813. The number of aromatic nitrogens is 2. The van der Waals surface area contributed by atoms with Crippen LogP contribution in [-0.4, -0.2) is 15.9 Å². The second-order valence-corrected chi connectivity index (χ2v) is 5.70. The van der Waals surface area contributed by atoms with Crippen LogP contribution in [0, 0.1) is 0 Å². The number of anilines is 1. The van der Waals surface area contributed by atoms with Crippen molar-refractivity contribution in [1.29, 1.82) is 0 Å². The summed E-state index contributed by atoms with van der Waals surface area (Å²) in [5.74, 6) is 1.09. The monoisotopic (exact) mass is 335 g/mol. The Kier molecular flexibility index (Phi) is 5.46. The zero-order valence-corrected chi connectivity index (χ0v) is 14.2. The number of nitrogens with one attached hydrogen (secondary N) is 1. The Morgan fingerprint density at radius 2 is 1.76 bits per heavy atom. The highest BCUT2D eigenvalue weighted by Gasteiger charge is 2.13. The number of para-hydroxylation sites is 2. The number of aryl methyl sites for hydroxylation is 1. The molecule has 5 nitrogen and oxygen atoms in total. The van der Waals surface area contributed by atoms with Crippen molar-refractivity contribution in [2.45, 2.75) is 26.2 Å². The standard InChI is InChI=1S/C20H21N3O2/c1-2-3-10-16-15-19(23(22-16)17-11-6-4-7-12-17)21-20(24)25-18-13-8-5-9-14-18/h4-9,11-15H,2-3,10H2,1H3,(H,21,24). The number of benzene rings is 2. The number of amides is 1. The average molecular weight is 335 g/mol. The van der Waals surface area contributed by atoms with E-state index in [4.69, 9.17) is 4.74 Å². The van der Waals surface area contributed by atoms with Crippen LogP contribution in [0.4, 0.5) is 10.6 Å². The molecule has 25 heavy (non-hydrogen) atoms. The molecule has 1 heterocycles. The topological polar surface area (TPSA) is 56.1 Å². The van der Waals surface area contributed by atoms with Crippen molar-refractivity contribution in [3.8, 4) is 11.4 Å². The Morgan fingerprint density at radius 3 is 2.44 bits per heavy atom. The summed E-state index contributed by atoms with van der Waals surface area (Å²) in [6, 6.07) is 20.6. The maximum Gasteiger partial charge on any atom is 0.418 e. The van der Waals surface area contributed by atoms with Crippen LogP contribution in [0.15, 0.2) is 66.7 Å². The van der Waals surface area contributed by atoms with E-state index in [0.29, 0.717) is 11.6 Å². The summed E-state index contributed by atoms with van der Waals surface area (Å²) < 4.78 is 7.04. The lowest BCUT2D eigenvalue weighted by molar-refractivity contribution is 0.215. The van der Waals surface area contributed by atoms with Crippen molar-refractivity contribution in [1.82, 2.24) is 9.78 Å². The van der Waals surface area contributed by atoms with E-state index in [1.54, 1.807) is 16.8 Å². The number of carbonyl (C=O) groups excluding carboxylic acids is 1. The molecule has 0 aliphatic rings. The minimum atomic E-state index is -0.537. The molecule has 2 aromatic carbocycles. The van der Waals surface area contributed by atoms with E-state index in [9.17, 15) is 4.79 Å². The third-order valence-corrected chi connectivity index (χ3v) is 3.73. The number of rotatable bonds is 6. The van der Waals surface area contributed by atoms with E-state index in [2.05, 4.69) is 17.3 Å². The minimum absolute atomic E-state index is 0.497. The number of hydrogen-bond acceptors (Lipinski definition) is 3. The highest BCUT2D eigenvalue weighted by Crippen LogP contribution is 2.19. The van der Waals surface area contributed by atoms with Crippen molar-refractivity contribution < 1.29 is 9.53 Å². The SMILES string of the molecule is CCCCc1cc(NC(=O)Oc2ccccc2)n(-c2ccccc2)n1. The predicted molar refractivity (Wildman–Crippen MR) is 98.3 cm³/mol. The summed E-state index contributed by atoms with van der Waals surface area (Å²) in [5, 5.41) is 7.42. The van der Waals surface area contributed by atoms with Crippen LogP contribution in [0.5, 0.6) is 5.75 Å². The summed E-state index contributed by atoms with van der Waals surface area (Å²) in [6.45, 7) is 2.14. The van der Waals surface area contributed by atoms with Gasteiger partial charge in [0.25, 0.3) is 0 Å². The fraction of sp³-hybridized carbons (Fsp3) is 0.200. The van der Waals surface area contributed by atoms with Gasteiger partial charge in [-0.3, -0.25) is 5.32 Å². The zero-order valence-electron chi connectivity index (χ0n) is 14.2. The third-order valence-electron chi connectivity index (χ3n) is 3.73. The fourth-order valence-electron chi connectivity index (χ4n) is 2.49. The zero-order chi connectivity index (χ0) is 17.5. The number of ether oxygens (including phenoxy) is 1. The Hall–Kier alpha value is -3.08. The molecule has 1 N–H and O–H groups in total. The van der Waals surface area contributed by atoms with Crippen molar-refractivity contribution in [2.24, 2.45) is 0 Å². The molecule has 0 atom stereocenters. The summed E-state index contributed by atoms with van der Waals surface area (Å²) in [4.78, 5) is 12.2. The van der Waals surface area contributed by atoms with Gasteiger partial charge >= 0.3 is 6.09 Å². The summed E-state index contributed by atoms with van der Waals surface area (Å²) in [5.41, 5.74) is 1.83. The van der Waals surface area contributed by atoms with Gasteiger partial charge < -0.3 is 4.74 Å². The summed E-state index contributed by atoms with van der Waals surface area (Å²) >= 11 is 0. The molecule has 0 unspecified atom stereocenters. The van der Waals surface area contributed by atoms with Gasteiger partial charge in [-0.05, 0) is 37.1 Å². The lowest BCUT2D eigenvalue weighted by Crippen LogP contribution is -2.19. The average Bonchev–Trinajstić information content (AvgIpc) is 3.04. The molecule has 3 aromatic rings. The molecular weight excluding hydrogens is 314 g/mol. The molecular formula is C20H21N3O2. The van der Waals surface area contributed by atoms with Gasteiger partial charge in [-0.2, -0.15) is 5.10 Å². The lowest BCUT2D eigenvalue weighted by atomic mass is 10.2.